The van der Waals surface area contributed by atoms with Crippen molar-refractivity contribution >= 4 is 5.91 Å². The Morgan fingerprint density at radius 1 is 1.22 bits per heavy atom. The normalized spacial score (nSPS) is 20.9. The summed E-state index contributed by atoms with van der Waals surface area (Å²) in [5, 5.41) is 3.07. The molecule has 0 bridgehead atoms. The minimum absolute atomic E-state index is 0.0980. The van der Waals surface area contributed by atoms with Crippen LogP contribution in [0.5, 0.6) is 5.75 Å². The van der Waals surface area contributed by atoms with Gasteiger partial charge in [-0.3, -0.25) is 9.69 Å². The molecule has 4 nitrogen and oxygen atoms in total. The van der Waals surface area contributed by atoms with Crippen molar-refractivity contribution in [3.63, 3.8) is 0 Å². The van der Waals surface area contributed by atoms with E-state index in [0.29, 0.717) is 19.0 Å². The molecule has 0 unspecified atom stereocenters. The van der Waals surface area contributed by atoms with Gasteiger partial charge in [0.25, 0.3) is 0 Å². The number of hydrogen-bond donors (Lipinski definition) is 1. The molecule has 1 atom stereocenters. The molecule has 1 fully saturated rings. The van der Waals surface area contributed by atoms with Crippen LogP contribution >= 0.6 is 0 Å². The van der Waals surface area contributed by atoms with Crippen LogP contribution in [0.3, 0.4) is 0 Å². The van der Waals surface area contributed by atoms with E-state index in [9.17, 15) is 4.79 Å². The fourth-order valence-corrected chi connectivity index (χ4v) is 4.21. The predicted octanol–water partition coefficient (Wildman–Crippen LogP) is 3.51. The van der Waals surface area contributed by atoms with Gasteiger partial charge in [-0.2, -0.15) is 0 Å². The molecule has 0 radical (unpaired) electrons. The first-order chi connectivity index (χ1) is 13.0. The number of carbonyl (C=O) groups excluding carboxylic acids is 1. The summed E-state index contributed by atoms with van der Waals surface area (Å²) in [7, 11) is 0. The molecule has 0 aromatic heterocycles. The van der Waals surface area contributed by atoms with Gasteiger partial charge >= 0.3 is 0 Å². The van der Waals surface area contributed by atoms with E-state index in [4.69, 9.17) is 4.74 Å². The van der Waals surface area contributed by atoms with Crippen LogP contribution in [0.4, 0.5) is 0 Å². The zero-order valence-corrected chi connectivity index (χ0v) is 16.2. The van der Waals surface area contributed by atoms with E-state index in [0.717, 1.165) is 37.2 Å². The van der Waals surface area contributed by atoms with E-state index in [2.05, 4.69) is 60.5 Å². The van der Waals surface area contributed by atoms with Gasteiger partial charge in [0.2, 0.25) is 5.91 Å². The number of rotatable bonds is 5. The van der Waals surface area contributed by atoms with Gasteiger partial charge in [-0.25, -0.2) is 0 Å². The Bertz CT molecular complexity index is 816. The Balaban J connectivity index is 1.26. The number of nitrogens with one attached hydrogen (secondary N) is 1. The fraction of sp³-hybridized carbons (Fsp3) is 0.435. The lowest BCUT2D eigenvalue weighted by Gasteiger charge is -2.16. The number of benzene rings is 2. The standard InChI is InChI=1S/C23H28N2O2/c1-23(2)13-20-12-17(8-9-21(20)27-23)14-24-22(26)16-25-11-10-19(15-25)18-6-4-3-5-7-18/h3-9,12,19H,10-11,13-16H2,1-2H3,(H,24,26)/t19-/m1/s1. The summed E-state index contributed by atoms with van der Waals surface area (Å²) in [6.07, 6.45) is 2.04. The van der Waals surface area contributed by atoms with Gasteiger partial charge in [-0.15, -0.1) is 0 Å². The molecule has 0 saturated carbocycles. The minimum atomic E-state index is -0.130. The number of ether oxygens (including phenoxy) is 1. The quantitative estimate of drug-likeness (QED) is 0.883. The molecule has 2 aliphatic rings. The number of likely N-dealkylation sites (tertiary alicyclic amines) is 1. The molecule has 142 valence electrons. The SMILES string of the molecule is CC1(C)Cc2cc(CNC(=O)CN3CC[C@@H](c4ccccc4)C3)ccc2O1. The molecule has 2 aromatic carbocycles. The first-order valence-corrected chi connectivity index (χ1v) is 9.83. The van der Waals surface area contributed by atoms with Crippen LogP contribution in [-0.4, -0.2) is 36.0 Å². The number of nitrogens with zero attached hydrogens (tertiary/aromatic N) is 1. The summed E-state index contributed by atoms with van der Waals surface area (Å²) in [4.78, 5) is 14.6. The molecule has 27 heavy (non-hydrogen) atoms. The molecule has 1 saturated heterocycles. The lowest BCUT2D eigenvalue weighted by molar-refractivity contribution is -0.122. The Morgan fingerprint density at radius 2 is 2.04 bits per heavy atom. The number of fused-ring (bicyclic) bond motifs is 1. The second-order valence-corrected chi connectivity index (χ2v) is 8.39. The predicted molar refractivity (Wildman–Crippen MR) is 107 cm³/mol. The molecular weight excluding hydrogens is 336 g/mol. The van der Waals surface area contributed by atoms with Crippen molar-refractivity contribution in [2.24, 2.45) is 0 Å². The lowest BCUT2D eigenvalue weighted by Crippen LogP contribution is -2.35. The van der Waals surface area contributed by atoms with Crippen molar-refractivity contribution in [3.05, 3.63) is 65.2 Å². The van der Waals surface area contributed by atoms with Crippen LogP contribution < -0.4 is 10.1 Å². The molecule has 0 aliphatic carbocycles. The second kappa shape index (κ2) is 7.35. The lowest BCUT2D eigenvalue weighted by atomic mass is 9.99. The Kier molecular flexibility index (Phi) is 4.92. The van der Waals surface area contributed by atoms with Gasteiger partial charge < -0.3 is 10.1 Å². The zero-order chi connectivity index (χ0) is 18.9. The zero-order valence-electron chi connectivity index (χ0n) is 16.2. The number of hydrogen-bond acceptors (Lipinski definition) is 3. The molecule has 2 heterocycles. The van der Waals surface area contributed by atoms with Crippen LogP contribution in [0, 0.1) is 0 Å². The third-order valence-corrected chi connectivity index (χ3v) is 5.53. The van der Waals surface area contributed by atoms with Gasteiger partial charge in [-0.1, -0.05) is 42.5 Å². The van der Waals surface area contributed by atoms with E-state index in [1.54, 1.807) is 0 Å². The summed E-state index contributed by atoms with van der Waals surface area (Å²) >= 11 is 0. The third kappa shape index (κ3) is 4.33. The maximum Gasteiger partial charge on any atom is 0.234 e. The highest BCUT2D eigenvalue weighted by molar-refractivity contribution is 5.78. The first-order valence-electron chi connectivity index (χ1n) is 9.83. The Morgan fingerprint density at radius 3 is 2.85 bits per heavy atom. The molecule has 4 rings (SSSR count). The van der Waals surface area contributed by atoms with Crippen molar-refractivity contribution in [1.29, 1.82) is 0 Å². The van der Waals surface area contributed by atoms with Crippen molar-refractivity contribution in [3.8, 4) is 5.75 Å². The van der Waals surface area contributed by atoms with Crippen LogP contribution in [0.1, 0.15) is 42.9 Å². The molecule has 1 N–H and O–H groups in total. The molecule has 0 spiro atoms. The summed E-state index contributed by atoms with van der Waals surface area (Å²) in [5.74, 6) is 1.61. The first kappa shape index (κ1) is 18.1. The number of carbonyl (C=O) groups is 1. The van der Waals surface area contributed by atoms with Gasteiger partial charge in [0.05, 0.1) is 6.54 Å². The largest absolute Gasteiger partial charge is 0.487 e. The smallest absolute Gasteiger partial charge is 0.234 e. The minimum Gasteiger partial charge on any atom is -0.487 e. The Hall–Kier alpha value is -2.33. The van der Waals surface area contributed by atoms with Gasteiger partial charge in [0, 0.05) is 19.5 Å². The van der Waals surface area contributed by atoms with E-state index in [1.165, 1.54) is 11.1 Å². The van der Waals surface area contributed by atoms with Crippen molar-refractivity contribution in [2.45, 2.75) is 44.8 Å². The van der Waals surface area contributed by atoms with E-state index >= 15 is 0 Å². The highest BCUT2D eigenvalue weighted by Crippen LogP contribution is 2.35. The number of amides is 1. The fourth-order valence-electron chi connectivity index (χ4n) is 4.21. The topological polar surface area (TPSA) is 41.6 Å². The monoisotopic (exact) mass is 364 g/mol. The summed E-state index contributed by atoms with van der Waals surface area (Å²) < 4.78 is 5.92. The molecule has 4 heteroatoms. The molecule has 2 aliphatic heterocycles. The van der Waals surface area contributed by atoms with Crippen LogP contribution in [0.25, 0.3) is 0 Å². The van der Waals surface area contributed by atoms with Crippen molar-refractivity contribution in [2.75, 3.05) is 19.6 Å². The molecule has 2 aromatic rings. The van der Waals surface area contributed by atoms with E-state index in [-0.39, 0.29) is 11.5 Å². The maximum atomic E-state index is 12.4. The molecule has 1 amide bonds. The Labute approximate surface area is 161 Å². The van der Waals surface area contributed by atoms with Crippen LogP contribution in [0.2, 0.25) is 0 Å². The average molecular weight is 364 g/mol. The highest BCUT2D eigenvalue weighted by atomic mass is 16.5. The highest BCUT2D eigenvalue weighted by Gasteiger charge is 2.30. The van der Waals surface area contributed by atoms with Crippen LogP contribution in [-0.2, 0) is 17.8 Å². The van der Waals surface area contributed by atoms with Crippen molar-refractivity contribution in [1.82, 2.24) is 10.2 Å². The second-order valence-electron chi connectivity index (χ2n) is 8.39. The van der Waals surface area contributed by atoms with E-state index in [1.807, 2.05) is 12.1 Å². The average Bonchev–Trinajstić information content (AvgIpc) is 3.22. The van der Waals surface area contributed by atoms with Crippen molar-refractivity contribution < 1.29 is 9.53 Å². The summed E-state index contributed by atoms with van der Waals surface area (Å²) in [6, 6.07) is 16.8. The van der Waals surface area contributed by atoms with Gasteiger partial charge in [0.15, 0.2) is 0 Å². The molecular formula is C23H28N2O2. The van der Waals surface area contributed by atoms with Gasteiger partial charge in [-0.05, 0) is 55.5 Å². The maximum absolute atomic E-state index is 12.4. The van der Waals surface area contributed by atoms with Gasteiger partial charge in [0.1, 0.15) is 11.4 Å². The summed E-state index contributed by atoms with van der Waals surface area (Å²) in [6.45, 7) is 7.20. The van der Waals surface area contributed by atoms with Crippen LogP contribution in [0.15, 0.2) is 48.5 Å². The third-order valence-electron chi connectivity index (χ3n) is 5.53. The summed E-state index contributed by atoms with van der Waals surface area (Å²) in [5.41, 5.74) is 3.61. The van der Waals surface area contributed by atoms with E-state index < -0.39 is 0 Å².